The van der Waals surface area contributed by atoms with Gasteiger partial charge in [0, 0.05) is 11.3 Å². The molecule has 2 aromatic rings. The molecule has 0 saturated heterocycles. The van der Waals surface area contributed by atoms with Gasteiger partial charge in [-0.05, 0) is 24.6 Å². The molecule has 2 aromatic carbocycles. The van der Waals surface area contributed by atoms with Crippen molar-refractivity contribution in [3.63, 3.8) is 0 Å². The highest BCUT2D eigenvalue weighted by Gasteiger charge is 2.09. The summed E-state index contributed by atoms with van der Waals surface area (Å²) in [7, 11) is 0. The number of carbonyl (C=O) groups is 2. The van der Waals surface area contributed by atoms with Gasteiger partial charge in [-0.25, -0.2) is 4.79 Å². The molecule has 0 saturated carbocycles. The summed E-state index contributed by atoms with van der Waals surface area (Å²) in [5, 5.41) is 0. The van der Waals surface area contributed by atoms with Crippen molar-refractivity contribution in [3.8, 4) is 0 Å². The molecule has 0 aliphatic rings. The minimum Gasteiger partial charge on any atom is -0.340 e. The molecule has 0 aliphatic heterocycles. The molecule has 0 radical (unpaired) electrons. The second-order valence-corrected chi connectivity index (χ2v) is 4.99. The van der Waals surface area contributed by atoms with Gasteiger partial charge in [0.05, 0.1) is 13.0 Å². The number of hydrogen-bond donors (Lipinski definition) is 1. The summed E-state index contributed by atoms with van der Waals surface area (Å²) in [6, 6.07) is 18.3. The Morgan fingerprint density at radius 3 is 2.26 bits per heavy atom. The fraction of sp³-hybridized carbons (Fsp3) is 0.167. The topological polar surface area (TPSA) is 67.8 Å². The maximum absolute atomic E-state index is 11.7. The van der Waals surface area contributed by atoms with E-state index in [1.54, 1.807) is 37.3 Å². The second-order valence-electron chi connectivity index (χ2n) is 4.99. The number of amides is 1. The molecule has 0 bridgehead atoms. The summed E-state index contributed by atoms with van der Waals surface area (Å²) >= 11 is 0. The predicted octanol–water partition coefficient (Wildman–Crippen LogP) is 2.93. The lowest BCUT2D eigenvalue weighted by molar-refractivity contribution is -0.147. The van der Waals surface area contributed by atoms with E-state index in [9.17, 15) is 9.59 Å². The molecule has 0 fully saturated rings. The Morgan fingerprint density at radius 2 is 1.61 bits per heavy atom. The van der Waals surface area contributed by atoms with E-state index in [0.29, 0.717) is 17.8 Å². The number of rotatable bonds is 5. The molecule has 5 nitrogen and oxygen atoms in total. The first-order valence-electron chi connectivity index (χ1n) is 7.24. The molecule has 1 amide bonds. The summed E-state index contributed by atoms with van der Waals surface area (Å²) in [6.45, 7) is 2.26. The van der Waals surface area contributed by atoms with Gasteiger partial charge in [0.2, 0.25) is 0 Å². The molecule has 118 valence electrons. The first-order chi connectivity index (χ1) is 11.1. The largest absolute Gasteiger partial charge is 0.340 e. The fourth-order valence-corrected chi connectivity index (χ4v) is 1.86. The van der Waals surface area contributed by atoms with Crippen molar-refractivity contribution in [2.75, 3.05) is 0 Å². The Hall–Kier alpha value is -2.95. The number of carbonyl (C=O) groups excluding carboxylic acids is 2. The molecular weight excluding hydrogens is 292 g/mol. The van der Waals surface area contributed by atoms with Crippen LogP contribution in [0, 0.1) is 0 Å². The number of nitrogens with zero attached hydrogens (tertiary/aromatic N) is 1. The first-order valence-corrected chi connectivity index (χ1v) is 7.24. The highest BCUT2D eigenvalue weighted by molar-refractivity contribution is 5.99. The average molecular weight is 310 g/mol. The molecule has 0 atom stereocenters. The number of aliphatic imine (C=N–C) groups is 1. The highest BCUT2D eigenvalue weighted by Crippen LogP contribution is 2.02. The third kappa shape index (κ3) is 5.74. The first kappa shape index (κ1) is 16.4. The van der Waals surface area contributed by atoms with Gasteiger partial charge < -0.3 is 4.84 Å². The molecule has 5 heteroatoms. The maximum atomic E-state index is 11.7. The molecule has 0 unspecified atom stereocenters. The van der Waals surface area contributed by atoms with Crippen LogP contribution in [0.5, 0.6) is 0 Å². The van der Waals surface area contributed by atoms with E-state index in [1.807, 2.05) is 30.3 Å². The maximum Gasteiger partial charge on any atom is 0.337 e. The predicted molar refractivity (Wildman–Crippen MR) is 87.9 cm³/mol. The molecule has 1 N–H and O–H groups in total. The van der Waals surface area contributed by atoms with Gasteiger partial charge in [0.25, 0.3) is 5.91 Å². The smallest absolute Gasteiger partial charge is 0.337 e. The Bertz CT molecular complexity index is 682. The molecule has 0 aliphatic carbocycles. The standard InChI is InChI=1S/C18H18N2O3/c1-14(19-13-15-8-4-2-5-9-15)12-17(21)23-20-18(22)16-10-6-3-7-11-16/h2-11H,12-13H2,1H3,(H,20,22). The summed E-state index contributed by atoms with van der Waals surface area (Å²) in [6.07, 6.45) is 0.0297. The molecule has 23 heavy (non-hydrogen) atoms. The van der Waals surface area contributed by atoms with Crippen molar-refractivity contribution in [1.29, 1.82) is 0 Å². The molecule has 0 heterocycles. The zero-order chi connectivity index (χ0) is 16.5. The van der Waals surface area contributed by atoms with Gasteiger partial charge in [0.1, 0.15) is 0 Å². The minimum atomic E-state index is -0.552. The van der Waals surface area contributed by atoms with E-state index in [-0.39, 0.29) is 6.42 Å². The van der Waals surface area contributed by atoms with Crippen LogP contribution in [0.2, 0.25) is 0 Å². The highest BCUT2D eigenvalue weighted by atomic mass is 16.7. The number of hydrogen-bond acceptors (Lipinski definition) is 4. The van der Waals surface area contributed by atoms with Crippen molar-refractivity contribution < 1.29 is 14.4 Å². The van der Waals surface area contributed by atoms with Crippen molar-refractivity contribution >= 4 is 17.6 Å². The summed E-state index contributed by atoms with van der Waals surface area (Å²) < 4.78 is 0. The lowest BCUT2D eigenvalue weighted by atomic mass is 10.2. The van der Waals surface area contributed by atoms with Crippen molar-refractivity contribution in [1.82, 2.24) is 5.48 Å². The van der Waals surface area contributed by atoms with Gasteiger partial charge in [-0.1, -0.05) is 48.5 Å². The van der Waals surface area contributed by atoms with E-state index < -0.39 is 11.9 Å². The van der Waals surface area contributed by atoms with Gasteiger partial charge in [-0.2, -0.15) is 5.48 Å². The van der Waals surface area contributed by atoms with Crippen LogP contribution in [0.25, 0.3) is 0 Å². The summed E-state index contributed by atoms with van der Waals surface area (Å²) in [5.41, 5.74) is 4.27. The van der Waals surface area contributed by atoms with Crippen LogP contribution >= 0.6 is 0 Å². The molecular formula is C18H18N2O3. The van der Waals surface area contributed by atoms with Crippen LogP contribution in [0.1, 0.15) is 29.3 Å². The van der Waals surface area contributed by atoms with E-state index >= 15 is 0 Å². The van der Waals surface area contributed by atoms with E-state index in [1.165, 1.54) is 0 Å². The Balaban J connectivity index is 1.77. The van der Waals surface area contributed by atoms with Crippen LogP contribution in [0.15, 0.2) is 65.7 Å². The van der Waals surface area contributed by atoms with Crippen molar-refractivity contribution in [3.05, 3.63) is 71.8 Å². The van der Waals surface area contributed by atoms with Crippen molar-refractivity contribution in [2.45, 2.75) is 19.9 Å². The van der Waals surface area contributed by atoms with Gasteiger partial charge in [-0.15, -0.1) is 0 Å². The van der Waals surface area contributed by atoms with E-state index in [2.05, 4.69) is 10.5 Å². The van der Waals surface area contributed by atoms with Crippen LogP contribution in [-0.4, -0.2) is 17.6 Å². The average Bonchev–Trinajstić information content (AvgIpc) is 2.59. The van der Waals surface area contributed by atoms with Gasteiger partial charge in [0.15, 0.2) is 0 Å². The van der Waals surface area contributed by atoms with Gasteiger partial charge >= 0.3 is 5.97 Å². The van der Waals surface area contributed by atoms with Crippen LogP contribution < -0.4 is 5.48 Å². The lowest BCUT2D eigenvalue weighted by Gasteiger charge is -2.06. The van der Waals surface area contributed by atoms with Crippen LogP contribution in [0.3, 0.4) is 0 Å². The summed E-state index contributed by atoms with van der Waals surface area (Å²) in [5.74, 6) is -1.01. The van der Waals surface area contributed by atoms with E-state index in [4.69, 9.17) is 4.84 Å². The van der Waals surface area contributed by atoms with Crippen LogP contribution in [0.4, 0.5) is 0 Å². The third-order valence-electron chi connectivity index (χ3n) is 3.07. The summed E-state index contributed by atoms with van der Waals surface area (Å²) in [4.78, 5) is 32.5. The molecule has 2 rings (SSSR count). The number of nitrogens with one attached hydrogen (secondary N) is 1. The lowest BCUT2D eigenvalue weighted by Crippen LogP contribution is -2.27. The zero-order valence-electron chi connectivity index (χ0n) is 12.9. The number of hydroxylamine groups is 1. The SMILES string of the molecule is CC(CC(=O)ONC(=O)c1ccccc1)=NCc1ccccc1. The Labute approximate surface area is 135 Å². The monoisotopic (exact) mass is 310 g/mol. The Kier molecular flexibility index (Phi) is 6.06. The fourth-order valence-electron chi connectivity index (χ4n) is 1.86. The zero-order valence-corrected chi connectivity index (χ0v) is 12.9. The number of benzene rings is 2. The normalized spacial score (nSPS) is 10.9. The van der Waals surface area contributed by atoms with Gasteiger partial charge in [-0.3, -0.25) is 9.79 Å². The molecule has 0 aromatic heterocycles. The third-order valence-corrected chi connectivity index (χ3v) is 3.07. The molecule has 0 spiro atoms. The quantitative estimate of drug-likeness (QED) is 0.682. The van der Waals surface area contributed by atoms with Crippen LogP contribution in [-0.2, 0) is 16.2 Å². The second kappa shape index (κ2) is 8.48. The Morgan fingerprint density at radius 1 is 1.00 bits per heavy atom. The minimum absolute atomic E-state index is 0.0297. The van der Waals surface area contributed by atoms with Crippen molar-refractivity contribution in [2.24, 2.45) is 4.99 Å². The van der Waals surface area contributed by atoms with E-state index in [0.717, 1.165) is 5.56 Å².